The molecule has 0 radical (unpaired) electrons. The first-order chi connectivity index (χ1) is 9.95. The summed E-state index contributed by atoms with van der Waals surface area (Å²) in [6.07, 6.45) is 2.34. The van der Waals surface area contributed by atoms with E-state index in [1.54, 1.807) is 4.68 Å². The van der Waals surface area contributed by atoms with E-state index >= 15 is 0 Å². The van der Waals surface area contributed by atoms with Gasteiger partial charge < -0.3 is 15.7 Å². The fraction of sp³-hybridized carbons (Fsp3) is 0.562. The number of aliphatic hydroxyl groups excluding tert-OH is 1. The molecule has 1 aromatic heterocycles. The zero-order chi connectivity index (χ0) is 15.0. The van der Waals surface area contributed by atoms with Gasteiger partial charge in [-0.3, -0.25) is 0 Å². The highest BCUT2D eigenvalue weighted by molar-refractivity contribution is 5.82. The fourth-order valence-electron chi connectivity index (χ4n) is 2.72. The molecule has 0 aliphatic carbocycles. The Hall–Kier alpha value is -1.59. The Labute approximate surface area is 125 Å². The molecule has 0 amide bonds. The normalized spacial score (nSPS) is 20.9. The SMILES string of the molecule is CC(C)(C)C(O)n1ncc2cc(NC3CCNC3)ccc21. The Morgan fingerprint density at radius 3 is 2.90 bits per heavy atom. The summed E-state index contributed by atoms with van der Waals surface area (Å²) in [5, 5.41) is 22.7. The lowest BCUT2D eigenvalue weighted by molar-refractivity contribution is -0.00641. The van der Waals surface area contributed by atoms with Crippen molar-refractivity contribution in [2.75, 3.05) is 18.4 Å². The molecule has 2 atom stereocenters. The molecule has 0 saturated carbocycles. The standard InChI is InChI=1S/C16H24N4O/c1-16(2,3)15(21)20-14-5-4-12(8-11(14)9-18-20)19-13-6-7-17-10-13/h4-5,8-9,13,15,17,19,21H,6-7,10H2,1-3H3. The molecular weight excluding hydrogens is 264 g/mol. The zero-order valence-corrected chi connectivity index (χ0v) is 12.9. The van der Waals surface area contributed by atoms with Gasteiger partial charge in [0.2, 0.25) is 0 Å². The Balaban J connectivity index is 1.86. The predicted molar refractivity (Wildman–Crippen MR) is 85.3 cm³/mol. The third-order valence-corrected chi connectivity index (χ3v) is 4.03. The Bertz CT molecular complexity index is 623. The molecule has 3 rings (SSSR count). The topological polar surface area (TPSA) is 62.1 Å². The van der Waals surface area contributed by atoms with Gasteiger partial charge in [0.1, 0.15) is 0 Å². The number of nitrogens with one attached hydrogen (secondary N) is 2. The third-order valence-electron chi connectivity index (χ3n) is 4.03. The number of aliphatic hydroxyl groups is 1. The van der Waals surface area contributed by atoms with Gasteiger partial charge in [-0.1, -0.05) is 20.8 Å². The first-order valence-electron chi connectivity index (χ1n) is 7.58. The number of rotatable bonds is 3. The van der Waals surface area contributed by atoms with E-state index in [1.807, 2.05) is 33.0 Å². The summed E-state index contributed by atoms with van der Waals surface area (Å²) >= 11 is 0. The Kier molecular flexibility index (Phi) is 3.63. The average Bonchev–Trinajstić information content (AvgIpc) is 3.05. The van der Waals surface area contributed by atoms with Gasteiger partial charge in [0, 0.05) is 29.1 Å². The largest absolute Gasteiger partial charge is 0.381 e. The lowest BCUT2D eigenvalue weighted by Crippen LogP contribution is -2.24. The first-order valence-corrected chi connectivity index (χ1v) is 7.58. The van der Waals surface area contributed by atoms with Crippen LogP contribution in [0.4, 0.5) is 5.69 Å². The molecule has 5 nitrogen and oxygen atoms in total. The Morgan fingerprint density at radius 2 is 2.24 bits per heavy atom. The summed E-state index contributed by atoms with van der Waals surface area (Å²) in [5.74, 6) is 0. The van der Waals surface area contributed by atoms with Crippen LogP contribution in [-0.4, -0.2) is 34.0 Å². The minimum atomic E-state index is -0.632. The van der Waals surface area contributed by atoms with E-state index in [2.05, 4.69) is 27.9 Å². The van der Waals surface area contributed by atoms with Crippen LogP contribution in [0, 0.1) is 5.41 Å². The molecule has 3 N–H and O–H groups in total. The van der Waals surface area contributed by atoms with Crippen LogP contribution < -0.4 is 10.6 Å². The van der Waals surface area contributed by atoms with Crippen LogP contribution in [0.5, 0.6) is 0 Å². The van der Waals surface area contributed by atoms with Crippen molar-refractivity contribution in [3.8, 4) is 0 Å². The third kappa shape index (κ3) is 2.89. The molecule has 1 aromatic carbocycles. The van der Waals surface area contributed by atoms with Gasteiger partial charge in [-0.05, 0) is 31.2 Å². The van der Waals surface area contributed by atoms with Crippen molar-refractivity contribution in [2.45, 2.75) is 39.5 Å². The van der Waals surface area contributed by atoms with Crippen LogP contribution in [0.3, 0.4) is 0 Å². The molecule has 21 heavy (non-hydrogen) atoms. The van der Waals surface area contributed by atoms with Gasteiger partial charge in [0.05, 0.1) is 11.7 Å². The second kappa shape index (κ2) is 5.31. The van der Waals surface area contributed by atoms with E-state index < -0.39 is 6.23 Å². The van der Waals surface area contributed by atoms with Crippen LogP contribution in [0.25, 0.3) is 10.9 Å². The average molecular weight is 288 g/mol. The summed E-state index contributed by atoms with van der Waals surface area (Å²) in [6.45, 7) is 8.12. The molecule has 1 aliphatic heterocycles. The highest BCUT2D eigenvalue weighted by Crippen LogP contribution is 2.31. The molecule has 2 aromatic rings. The Morgan fingerprint density at radius 1 is 1.43 bits per heavy atom. The second-order valence-electron chi connectivity index (χ2n) is 6.94. The molecule has 2 heterocycles. The van der Waals surface area contributed by atoms with Gasteiger partial charge in [0.25, 0.3) is 0 Å². The second-order valence-corrected chi connectivity index (χ2v) is 6.94. The van der Waals surface area contributed by atoms with E-state index in [0.717, 1.165) is 36.1 Å². The molecule has 0 bridgehead atoms. The minimum absolute atomic E-state index is 0.245. The van der Waals surface area contributed by atoms with E-state index in [1.165, 1.54) is 0 Å². The van der Waals surface area contributed by atoms with Gasteiger partial charge in [-0.25, -0.2) is 4.68 Å². The number of anilines is 1. The van der Waals surface area contributed by atoms with Crippen LogP contribution in [0.2, 0.25) is 0 Å². The van der Waals surface area contributed by atoms with Crippen LogP contribution in [0.15, 0.2) is 24.4 Å². The summed E-state index contributed by atoms with van der Waals surface area (Å²) in [4.78, 5) is 0. The maximum Gasteiger partial charge on any atom is 0.152 e. The summed E-state index contributed by atoms with van der Waals surface area (Å²) in [6, 6.07) is 6.70. The fourth-order valence-corrected chi connectivity index (χ4v) is 2.72. The number of hydrogen-bond acceptors (Lipinski definition) is 4. The minimum Gasteiger partial charge on any atom is -0.381 e. The summed E-state index contributed by atoms with van der Waals surface area (Å²) in [7, 11) is 0. The quantitative estimate of drug-likeness (QED) is 0.811. The molecule has 114 valence electrons. The van der Waals surface area contributed by atoms with E-state index in [4.69, 9.17) is 0 Å². The number of hydrogen-bond donors (Lipinski definition) is 3. The predicted octanol–water partition coefficient (Wildman–Crippen LogP) is 2.35. The molecule has 1 saturated heterocycles. The van der Waals surface area contributed by atoms with Gasteiger partial charge in [-0.15, -0.1) is 0 Å². The molecule has 1 aliphatic rings. The van der Waals surface area contributed by atoms with Crippen molar-refractivity contribution in [1.82, 2.24) is 15.1 Å². The van der Waals surface area contributed by atoms with Crippen molar-refractivity contribution < 1.29 is 5.11 Å². The molecule has 0 spiro atoms. The van der Waals surface area contributed by atoms with Gasteiger partial charge in [-0.2, -0.15) is 5.10 Å². The summed E-state index contributed by atoms with van der Waals surface area (Å²) in [5.41, 5.74) is 1.83. The first kappa shape index (κ1) is 14.4. The maximum absolute atomic E-state index is 10.4. The lowest BCUT2D eigenvalue weighted by atomic mass is 9.94. The number of benzene rings is 1. The van der Waals surface area contributed by atoms with Crippen LogP contribution >= 0.6 is 0 Å². The molecule has 5 heteroatoms. The van der Waals surface area contributed by atoms with E-state index in [9.17, 15) is 5.11 Å². The number of aromatic nitrogens is 2. The van der Waals surface area contributed by atoms with Crippen LogP contribution in [0.1, 0.15) is 33.4 Å². The highest BCUT2D eigenvalue weighted by atomic mass is 16.3. The molecular formula is C16H24N4O. The number of fused-ring (bicyclic) bond motifs is 1. The van der Waals surface area contributed by atoms with Crippen molar-refractivity contribution in [1.29, 1.82) is 0 Å². The highest BCUT2D eigenvalue weighted by Gasteiger charge is 2.25. The van der Waals surface area contributed by atoms with Crippen molar-refractivity contribution in [2.24, 2.45) is 5.41 Å². The van der Waals surface area contributed by atoms with Crippen molar-refractivity contribution >= 4 is 16.6 Å². The molecule has 2 unspecified atom stereocenters. The zero-order valence-electron chi connectivity index (χ0n) is 12.9. The van der Waals surface area contributed by atoms with Crippen molar-refractivity contribution in [3.63, 3.8) is 0 Å². The van der Waals surface area contributed by atoms with Crippen LogP contribution in [-0.2, 0) is 0 Å². The van der Waals surface area contributed by atoms with Gasteiger partial charge >= 0.3 is 0 Å². The lowest BCUT2D eigenvalue weighted by Gasteiger charge is -2.26. The number of nitrogens with zero attached hydrogens (tertiary/aromatic N) is 2. The van der Waals surface area contributed by atoms with Gasteiger partial charge in [0.15, 0.2) is 6.23 Å². The smallest absolute Gasteiger partial charge is 0.152 e. The van der Waals surface area contributed by atoms with E-state index in [-0.39, 0.29) is 5.41 Å². The maximum atomic E-state index is 10.4. The van der Waals surface area contributed by atoms with E-state index in [0.29, 0.717) is 6.04 Å². The van der Waals surface area contributed by atoms with Crippen molar-refractivity contribution in [3.05, 3.63) is 24.4 Å². The monoisotopic (exact) mass is 288 g/mol. The molecule has 1 fully saturated rings. The summed E-state index contributed by atoms with van der Waals surface area (Å²) < 4.78 is 1.70.